The fraction of sp³-hybridized carbons (Fsp3) is 0.0556. The highest BCUT2D eigenvalue weighted by Gasteiger charge is 2.25. The molecule has 0 aliphatic carbocycles. The van der Waals surface area contributed by atoms with Crippen molar-refractivity contribution in [1.82, 2.24) is 35.7 Å². The lowest BCUT2D eigenvalue weighted by Crippen LogP contribution is -2.19. The summed E-state index contributed by atoms with van der Waals surface area (Å²) in [5.41, 5.74) is 11.1. The summed E-state index contributed by atoms with van der Waals surface area (Å²) in [4.78, 5) is 16.7. The Balaban J connectivity index is 1.70. The molecule has 1 amide bonds. The number of pyridine rings is 1. The van der Waals surface area contributed by atoms with Gasteiger partial charge in [-0.2, -0.15) is 9.78 Å². The van der Waals surface area contributed by atoms with Crippen LogP contribution in [0.25, 0.3) is 17.1 Å². The van der Waals surface area contributed by atoms with Gasteiger partial charge in [0, 0.05) is 23.5 Å². The van der Waals surface area contributed by atoms with Crippen LogP contribution in [-0.2, 0) is 0 Å². The number of nitrogens with two attached hydrogens (primary N) is 1. The number of carbonyl (C=O) groups excluding carboxylic acids is 1. The minimum absolute atomic E-state index is 0.0184. The summed E-state index contributed by atoms with van der Waals surface area (Å²) in [6, 6.07) is 11.0. The molecule has 0 bridgehead atoms. The smallest absolute Gasteiger partial charge is 0.294 e. The molecule has 0 radical (unpaired) electrons. The van der Waals surface area contributed by atoms with E-state index in [4.69, 9.17) is 5.73 Å². The molecular weight excluding hydrogens is 374 g/mol. The van der Waals surface area contributed by atoms with Crippen molar-refractivity contribution in [2.45, 2.75) is 6.92 Å². The Kier molecular flexibility index (Phi) is 4.76. The summed E-state index contributed by atoms with van der Waals surface area (Å²) >= 11 is 0. The van der Waals surface area contributed by atoms with Crippen molar-refractivity contribution >= 4 is 17.9 Å². The number of anilines is 1. The van der Waals surface area contributed by atoms with Crippen LogP contribution in [0.2, 0.25) is 0 Å². The number of nitrogens with zero attached hydrogens (tertiary/aromatic N) is 7. The second-order valence-corrected chi connectivity index (χ2v) is 6.02. The fourth-order valence-corrected chi connectivity index (χ4v) is 2.56. The van der Waals surface area contributed by atoms with Gasteiger partial charge >= 0.3 is 0 Å². The van der Waals surface area contributed by atoms with Crippen LogP contribution < -0.4 is 11.2 Å². The zero-order valence-electron chi connectivity index (χ0n) is 15.2. The van der Waals surface area contributed by atoms with E-state index in [2.05, 4.69) is 40.8 Å². The van der Waals surface area contributed by atoms with Crippen LogP contribution in [0.3, 0.4) is 0 Å². The molecule has 0 saturated heterocycles. The Morgan fingerprint density at radius 2 is 2.07 bits per heavy atom. The molecular formula is C18H15N9O2. The molecule has 0 saturated carbocycles. The Labute approximate surface area is 164 Å². The van der Waals surface area contributed by atoms with E-state index in [1.165, 1.54) is 10.9 Å². The summed E-state index contributed by atoms with van der Waals surface area (Å²) in [7, 11) is 0. The molecule has 0 spiro atoms. The minimum Gasteiger partial charge on any atom is -0.378 e. The number of amides is 1. The maximum atomic E-state index is 12.7. The summed E-state index contributed by atoms with van der Waals surface area (Å²) in [5, 5.41) is 19.2. The number of hydrogen-bond acceptors (Lipinski definition) is 9. The molecule has 144 valence electrons. The topological polar surface area (TPSA) is 150 Å². The quantitative estimate of drug-likeness (QED) is 0.384. The molecule has 3 heterocycles. The second-order valence-electron chi connectivity index (χ2n) is 6.02. The predicted molar refractivity (Wildman–Crippen MR) is 103 cm³/mol. The van der Waals surface area contributed by atoms with Crippen molar-refractivity contribution in [3.63, 3.8) is 0 Å². The van der Waals surface area contributed by atoms with E-state index in [0.717, 1.165) is 11.1 Å². The van der Waals surface area contributed by atoms with E-state index in [9.17, 15) is 4.79 Å². The van der Waals surface area contributed by atoms with Gasteiger partial charge in [0.05, 0.1) is 6.21 Å². The molecule has 11 nitrogen and oxygen atoms in total. The summed E-state index contributed by atoms with van der Waals surface area (Å²) in [6.07, 6.45) is 4.73. The minimum atomic E-state index is -0.554. The molecule has 4 rings (SSSR count). The van der Waals surface area contributed by atoms with Crippen molar-refractivity contribution in [2.75, 3.05) is 5.73 Å². The van der Waals surface area contributed by atoms with Crippen molar-refractivity contribution in [2.24, 2.45) is 5.10 Å². The van der Waals surface area contributed by atoms with Crippen molar-refractivity contribution in [3.05, 3.63) is 65.6 Å². The monoisotopic (exact) mass is 389 g/mol. The highest BCUT2D eigenvalue weighted by molar-refractivity contribution is 5.98. The van der Waals surface area contributed by atoms with E-state index in [1.54, 1.807) is 24.5 Å². The Bertz CT molecular complexity index is 1160. The number of aromatic nitrogens is 6. The highest BCUT2D eigenvalue weighted by Crippen LogP contribution is 2.26. The largest absolute Gasteiger partial charge is 0.378 e. The van der Waals surface area contributed by atoms with E-state index in [1.807, 2.05) is 31.2 Å². The van der Waals surface area contributed by atoms with Crippen molar-refractivity contribution in [1.29, 1.82) is 0 Å². The summed E-state index contributed by atoms with van der Waals surface area (Å²) in [6.45, 7) is 1.96. The average molecular weight is 389 g/mol. The third-order valence-electron chi connectivity index (χ3n) is 3.97. The van der Waals surface area contributed by atoms with E-state index < -0.39 is 5.91 Å². The van der Waals surface area contributed by atoms with Gasteiger partial charge < -0.3 is 5.73 Å². The highest BCUT2D eigenvalue weighted by atomic mass is 16.6. The van der Waals surface area contributed by atoms with Gasteiger partial charge in [-0.25, -0.2) is 10.1 Å². The van der Waals surface area contributed by atoms with Gasteiger partial charge in [-0.1, -0.05) is 41.1 Å². The van der Waals surface area contributed by atoms with Crippen LogP contribution in [0.1, 0.15) is 21.6 Å². The van der Waals surface area contributed by atoms with Crippen LogP contribution in [-0.4, -0.2) is 42.4 Å². The van der Waals surface area contributed by atoms with Crippen LogP contribution in [0.5, 0.6) is 0 Å². The number of hydrogen-bond donors (Lipinski definition) is 2. The SMILES string of the molecule is Cc1ccc(-c2c(C(=O)N/N=C/c3cccnc3)nnn2-c2nonc2N)cc1. The summed E-state index contributed by atoms with van der Waals surface area (Å²) < 4.78 is 5.95. The molecule has 0 aliphatic heterocycles. The zero-order valence-corrected chi connectivity index (χ0v) is 15.2. The van der Waals surface area contributed by atoms with E-state index in [-0.39, 0.29) is 17.3 Å². The molecule has 0 aliphatic rings. The maximum Gasteiger partial charge on any atom is 0.294 e. The Hall–Kier alpha value is -4.41. The molecule has 1 aromatic carbocycles. The lowest BCUT2D eigenvalue weighted by atomic mass is 10.1. The van der Waals surface area contributed by atoms with Gasteiger partial charge in [-0.15, -0.1) is 5.10 Å². The van der Waals surface area contributed by atoms with Gasteiger partial charge in [0.1, 0.15) is 5.69 Å². The zero-order chi connectivity index (χ0) is 20.2. The predicted octanol–water partition coefficient (Wildman–Crippen LogP) is 1.37. The first-order valence-corrected chi connectivity index (χ1v) is 8.48. The Morgan fingerprint density at radius 3 is 2.76 bits per heavy atom. The van der Waals surface area contributed by atoms with Crippen LogP contribution >= 0.6 is 0 Å². The third kappa shape index (κ3) is 3.69. The second kappa shape index (κ2) is 7.68. The molecule has 0 atom stereocenters. The van der Waals surface area contributed by atoms with Gasteiger partial charge in [-0.05, 0) is 23.3 Å². The van der Waals surface area contributed by atoms with Crippen LogP contribution in [0, 0.1) is 6.92 Å². The van der Waals surface area contributed by atoms with E-state index in [0.29, 0.717) is 11.3 Å². The third-order valence-corrected chi connectivity index (χ3v) is 3.97. The lowest BCUT2D eigenvalue weighted by Gasteiger charge is -2.06. The van der Waals surface area contributed by atoms with E-state index >= 15 is 0 Å². The number of rotatable bonds is 5. The molecule has 0 unspecified atom stereocenters. The normalized spacial score (nSPS) is 11.1. The first kappa shape index (κ1) is 18.0. The number of carbonyl (C=O) groups is 1. The van der Waals surface area contributed by atoms with Gasteiger partial charge in [0.25, 0.3) is 5.91 Å². The number of aryl methyl sites for hydroxylation is 1. The van der Waals surface area contributed by atoms with Crippen molar-refractivity contribution in [3.8, 4) is 17.1 Å². The Morgan fingerprint density at radius 1 is 1.24 bits per heavy atom. The average Bonchev–Trinajstić information content (AvgIpc) is 3.35. The van der Waals surface area contributed by atoms with Gasteiger partial charge in [-0.3, -0.25) is 9.78 Å². The number of hydrazone groups is 1. The van der Waals surface area contributed by atoms with Crippen molar-refractivity contribution < 1.29 is 9.42 Å². The first-order valence-electron chi connectivity index (χ1n) is 8.48. The van der Waals surface area contributed by atoms with Gasteiger partial charge in [0.2, 0.25) is 11.6 Å². The van der Waals surface area contributed by atoms with Crippen LogP contribution in [0.4, 0.5) is 5.82 Å². The molecule has 11 heteroatoms. The standard InChI is InChI=1S/C18H15N9O2/c1-11-4-6-13(7-5-11)15-14(22-26-27(15)17-16(19)24-29-25-17)18(28)23-21-10-12-3-2-8-20-9-12/h2-10H,1H3,(H2,19,24)(H,23,28)/b21-10+. The summed E-state index contributed by atoms with van der Waals surface area (Å²) in [5.74, 6) is -0.405. The molecule has 3 aromatic heterocycles. The molecule has 0 fully saturated rings. The molecule has 3 N–H and O–H groups in total. The molecule has 29 heavy (non-hydrogen) atoms. The van der Waals surface area contributed by atoms with Gasteiger partial charge in [0.15, 0.2) is 5.69 Å². The lowest BCUT2D eigenvalue weighted by molar-refractivity contribution is 0.0950. The first-order chi connectivity index (χ1) is 14.1. The number of nitrogens with one attached hydrogen (secondary N) is 1. The number of benzene rings is 1. The number of nitrogen functional groups attached to an aromatic ring is 1. The maximum absolute atomic E-state index is 12.7. The molecule has 4 aromatic rings. The van der Waals surface area contributed by atoms with Crippen LogP contribution in [0.15, 0.2) is 58.5 Å². The fourth-order valence-electron chi connectivity index (χ4n) is 2.56.